The molecular weight excluding hydrogens is 396 g/mol. The number of carbonyl (C=O) groups is 1. The fourth-order valence-corrected chi connectivity index (χ4v) is 5.11. The third-order valence-electron chi connectivity index (χ3n) is 6.65. The number of carbonyl (C=O) groups excluding carboxylic acids is 1. The first kappa shape index (κ1) is 18.8. The van der Waals surface area contributed by atoms with Gasteiger partial charge in [0.05, 0.1) is 17.3 Å². The summed E-state index contributed by atoms with van der Waals surface area (Å²) in [6, 6.07) is 19.9. The van der Waals surface area contributed by atoms with Crippen LogP contribution in [0.4, 0.5) is 5.69 Å². The molecule has 32 heavy (non-hydrogen) atoms. The molecule has 156 valence electrons. The lowest BCUT2D eigenvalue weighted by Gasteiger charge is -2.35. The summed E-state index contributed by atoms with van der Waals surface area (Å²) >= 11 is 0. The van der Waals surface area contributed by atoms with E-state index in [1.807, 2.05) is 72.8 Å². The second-order valence-electron chi connectivity index (χ2n) is 8.47. The fourth-order valence-electron chi connectivity index (χ4n) is 5.11. The number of hydrogen-bond acceptors (Lipinski definition) is 3. The van der Waals surface area contributed by atoms with Crippen LogP contribution in [0.1, 0.15) is 34.5 Å². The zero-order valence-electron chi connectivity index (χ0n) is 17.5. The molecule has 0 amide bonds. The Morgan fingerprint density at radius 2 is 1.59 bits per heavy atom. The van der Waals surface area contributed by atoms with Gasteiger partial charge in [0.25, 0.3) is 0 Å². The highest BCUT2D eigenvalue weighted by atomic mass is 16.1. The van der Waals surface area contributed by atoms with Gasteiger partial charge < -0.3 is 10.3 Å². The van der Waals surface area contributed by atoms with Crippen LogP contribution in [0.25, 0.3) is 17.2 Å². The van der Waals surface area contributed by atoms with Crippen LogP contribution in [0.2, 0.25) is 0 Å². The number of anilines is 1. The Morgan fingerprint density at radius 3 is 2.34 bits per heavy atom. The van der Waals surface area contributed by atoms with Crippen molar-refractivity contribution >= 4 is 28.7 Å². The molecule has 0 fully saturated rings. The first-order valence-corrected chi connectivity index (χ1v) is 11.0. The van der Waals surface area contributed by atoms with E-state index < -0.39 is 0 Å². The van der Waals surface area contributed by atoms with Crippen molar-refractivity contribution in [1.82, 2.24) is 4.98 Å². The lowest BCUT2D eigenvalue weighted by Crippen LogP contribution is -2.51. The van der Waals surface area contributed by atoms with E-state index in [1.54, 1.807) is 0 Å². The molecule has 4 heteroatoms. The number of aromatic nitrogens is 1. The summed E-state index contributed by atoms with van der Waals surface area (Å²) in [5, 5.41) is 4.87. The molecule has 4 nitrogen and oxygen atoms in total. The summed E-state index contributed by atoms with van der Waals surface area (Å²) < 4.78 is 0. The molecule has 1 aliphatic heterocycles. The number of rotatable bonds is 2. The van der Waals surface area contributed by atoms with Gasteiger partial charge in [-0.25, -0.2) is 0 Å². The van der Waals surface area contributed by atoms with Gasteiger partial charge in [-0.15, -0.1) is 0 Å². The number of fused-ring (bicyclic) bond motifs is 3. The van der Waals surface area contributed by atoms with Crippen LogP contribution in [-0.4, -0.2) is 16.8 Å². The minimum atomic E-state index is -0.357. The summed E-state index contributed by atoms with van der Waals surface area (Å²) in [7, 11) is 0. The lowest BCUT2D eigenvalue weighted by atomic mass is 9.78. The number of hydrogen-bond donors (Lipinski definition) is 2. The highest BCUT2D eigenvalue weighted by Gasteiger charge is 2.39. The quantitative estimate of drug-likeness (QED) is 0.671. The number of H-pyrrole nitrogens is 1. The number of aromatic amines is 1. The molecule has 2 N–H and O–H groups in total. The second-order valence-corrected chi connectivity index (χ2v) is 8.47. The van der Waals surface area contributed by atoms with Crippen molar-refractivity contribution in [3.05, 3.63) is 117 Å². The van der Waals surface area contributed by atoms with Crippen molar-refractivity contribution in [2.75, 3.05) is 5.32 Å². The molecule has 0 spiro atoms. The molecule has 6 rings (SSSR count). The Hall–Kier alpha value is -3.92. The topological polar surface area (TPSA) is 62.0 Å². The Balaban J connectivity index is 1.55. The Kier molecular flexibility index (Phi) is 4.32. The van der Waals surface area contributed by atoms with Gasteiger partial charge in [-0.1, -0.05) is 85.0 Å². The summed E-state index contributed by atoms with van der Waals surface area (Å²) in [5.74, 6) is -0.399. The van der Waals surface area contributed by atoms with Gasteiger partial charge in [-0.2, -0.15) is 0 Å². The van der Waals surface area contributed by atoms with Gasteiger partial charge in [-0.05, 0) is 35.1 Å². The average Bonchev–Trinajstić information content (AvgIpc) is 2.85. The summed E-state index contributed by atoms with van der Waals surface area (Å²) in [6.07, 6.45) is 9.54. The molecule has 3 aromatic rings. The number of ketones is 1. The summed E-state index contributed by atoms with van der Waals surface area (Å²) in [5.41, 5.74) is 4.91. The van der Waals surface area contributed by atoms with Gasteiger partial charge in [0.1, 0.15) is 11.4 Å². The number of allylic oxidation sites excluding steroid dienone is 2. The van der Waals surface area contributed by atoms with Crippen molar-refractivity contribution in [1.29, 1.82) is 0 Å². The molecule has 2 aliphatic carbocycles. The van der Waals surface area contributed by atoms with Gasteiger partial charge in [-0.3, -0.25) is 9.59 Å². The number of benzene rings is 2. The van der Waals surface area contributed by atoms with Gasteiger partial charge in [0, 0.05) is 5.22 Å². The molecule has 3 aliphatic rings. The zero-order chi connectivity index (χ0) is 21.7. The molecular formula is C28H22N2O2. The van der Waals surface area contributed by atoms with Gasteiger partial charge in [0.2, 0.25) is 5.43 Å². The Labute approximate surface area is 185 Å². The van der Waals surface area contributed by atoms with E-state index in [-0.39, 0.29) is 23.2 Å². The van der Waals surface area contributed by atoms with E-state index in [4.69, 9.17) is 0 Å². The van der Waals surface area contributed by atoms with E-state index in [0.29, 0.717) is 16.6 Å². The van der Waals surface area contributed by atoms with E-state index >= 15 is 0 Å². The Bertz CT molecular complexity index is 1480. The maximum Gasteiger partial charge on any atom is 0.212 e. The van der Waals surface area contributed by atoms with E-state index in [0.717, 1.165) is 40.5 Å². The first-order valence-electron chi connectivity index (χ1n) is 11.0. The minimum absolute atomic E-state index is 0.0422. The molecule has 1 aromatic heterocycles. The van der Waals surface area contributed by atoms with Crippen LogP contribution in [0.5, 0.6) is 0 Å². The molecule has 2 atom stereocenters. The van der Waals surface area contributed by atoms with Gasteiger partial charge >= 0.3 is 0 Å². The molecule has 0 radical (unpaired) electrons. The SMILES string of the molecule is O=C1c2[nH]c3c(c(=O)c2NC2C(c4ccccc4)=CC=CC12)=CCCC=3c1ccccc1. The first-order chi connectivity index (χ1) is 15.7. The molecule has 0 bridgehead atoms. The van der Waals surface area contributed by atoms with Crippen LogP contribution in [0, 0.1) is 5.92 Å². The monoisotopic (exact) mass is 418 g/mol. The van der Waals surface area contributed by atoms with Crippen LogP contribution < -0.4 is 21.3 Å². The highest BCUT2D eigenvalue weighted by Crippen LogP contribution is 2.35. The molecule has 2 aromatic carbocycles. The molecule has 2 unspecified atom stereocenters. The third-order valence-corrected chi connectivity index (χ3v) is 6.65. The van der Waals surface area contributed by atoms with Crippen molar-refractivity contribution < 1.29 is 4.79 Å². The number of nitrogens with one attached hydrogen (secondary N) is 2. The fraction of sp³-hybridized carbons (Fsp3) is 0.143. The van der Waals surface area contributed by atoms with Gasteiger partial charge in [0.15, 0.2) is 5.78 Å². The highest BCUT2D eigenvalue weighted by molar-refractivity contribution is 6.07. The number of pyridine rings is 1. The molecule has 0 saturated carbocycles. The van der Waals surface area contributed by atoms with Crippen LogP contribution in [0.15, 0.2) is 83.7 Å². The van der Waals surface area contributed by atoms with Crippen molar-refractivity contribution in [2.24, 2.45) is 5.92 Å². The maximum absolute atomic E-state index is 13.6. The number of Topliss-reactive ketones (excluding diaryl/α,β-unsaturated/α-hetero) is 1. The molecule has 0 saturated heterocycles. The average molecular weight is 418 g/mol. The summed E-state index contributed by atoms with van der Waals surface area (Å²) in [4.78, 5) is 30.6. The van der Waals surface area contributed by atoms with Crippen LogP contribution in [-0.2, 0) is 0 Å². The second kappa shape index (κ2) is 7.34. The van der Waals surface area contributed by atoms with Crippen molar-refractivity contribution in [3.63, 3.8) is 0 Å². The largest absolute Gasteiger partial charge is 0.372 e. The van der Waals surface area contributed by atoms with Crippen LogP contribution >= 0.6 is 0 Å². The normalized spacial score (nSPS) is 20.9. The predicted molar refractivity (Wildman–Crippen MR) is 128 cm³/mol. The van der Waals surface area contributed by atoms with Crippen molar-refractivity contribution in [3.8, 4) is 0 Å². The molecule has 2 heterocycles. The Morgan fingerprint density at radius 1 is 0.875 bits per heavy atom. The van der Waals surface area contributed by atoms with E-state index in [2.05, 4.69) is 22.4 Å². The summed E-state index contributed by atoms with van der Waals surface area (Å²) in [6.45, 7) is 0. The van der Waals surface area contributed by atoms with E-state index in [9.17, 15) is 9.59 Å². The maximum atomic E-state index is 13.6. The zero-order valence-corrected chi connectivity index (χ0v) is 17.5. The minimum Gasteiger partial charge on any atom is -0.372 e. The lowest BCUT2D eigenvalue weighted by molar-refractivity contribution is 0.0931. The van der Waals surface area contributed by atoms with Crippen LogP contribution in [0.3, 0.4) is 0 Å². The standard InChI is InChI=1S/C28H22N2O2/c31-27-21-15-7-13-19(17-9-3-1-4-10-17)23(21)29-25-26(27)30-24-20(18-11-5-2-6-12-18)14-8-16-22(24)28(25)32/h1-7,9-13,15-16,21,23,29-30H,8,14H2. The smallest absolute Gasteiger partial charge is 0.212 e. The van der Waals surface area contributed by atoms with E-state index in [1.165, 1.54) is 0 Å². The van der Waals surface area contributed by atoms with Crippen molar-refractivity contribution in [2.45, 2.75) is 18.9 Å². The predicted octanol–water partition coefficient (Wildman–Crippen LogP) is 3.39. The third kappa shape index (κ3) is 2.83.